The minimum atomic E-state index is -0.576. The molecule has 1 aromatic heterocycles. The topological polar surface area (TPSA) is 44.1 Å². The van der Waals surface area contributed by atoms with Gasteiger partial charge in [0.05, 0.1) is 12.4 Å². The highest BCUT2D eigenvalue weighted by Crippen LogP contribution is 2.24. The van der Waals surface area contributed by atoms with E-state index < -0.39 is 5.82 Å². The van der Waals surface area contributed by atoms with Crippen LogP contribution in [0.1, 0.15) is 10.4 Å². The minimum Gasteiger partial charge on any atom is -0.451 e. The van der Waals surface area contributed by atoms with Gasteiger partial charge in [-0.25, -0.2) is 4.39 Å². The van der Waals surface area contributed by atoms with Crippen LogP contribution in [-0.2, 0) is 7.05 Å². The minimum absolute atomic E-state index is 0.0681. The van der Waals surface area contributed by atoms with Gasteiger partial charge >= 0.3 is 0 Å². The van der Waals surface area contributed by atoms with Crippen LogP contribution in [0, 0.1) is 5.82 Å². The van der Waals surface area contributed by atoms with Crippen LogP contribution in [0.25, 0.3) is 0 Å². The third kappa shape index (κ3) is 2.08. The first-order chi connectivity index (χ1) is 7.69. The van der Waals surface area contributed by atoms with Crippen LogP contribution in [0.5, 0.6) is 11.5 Å². The number of halogens is 1. The summed E-state index contributed by atoms with van der Waals surface area (Å²) in [5.74, 6) is -0.0627. The van der Waals surface area contributed by atoms with Crippen molar-refractivity contribution >= 4 is 6.29 Å². The highest BCUT2D eigenvalue weighted by Gasteiger charge is 2.06. The average molecular weight is 220 g/mol. The van der Waals surface area contributed by atoms with E-state index in [1.165, 1.54) is 18.3 Å². The van der Waals surface area contributed by atoms with E-state index in [9.17, 15) is 9.18 Å². The predicted molar refractivity (Wildman–Crippen MR) is 55.1 cm³/mol. The van der Waals surface area contributed by atoms with E-state index in [4.69, 9.17) is 4.74 Å². The first-order valence-electron chi connectivity index (χ1n) is 4.60. The Kier molecular flexibility index (Phi) is 2.68. The molecule has 1 aromatic carbocycles. The molecule has 0 unspecified atom stereocenters. The van der Waals surface area contributed by atoms with Gasteiger partial charge in [-0.05, 0) is 18.2 Å². The highest BCUT2D eigenvalue weighted by atomic mass is 19.1. The lowest BCUT2D eigenvalue weighted by molar-refractivity contribution is 0.112. The van der Waals surface area contributed by atoms with Crippen molar-refractivity contribution in [2.75, 3.05) is 0 Å². The zero-order valence-electron chi connectivity index (χ0n) is 8.55. The van der Waals surface area contributed by atoms with Gasteiger partial charge in [-0.2, -0.15) is 5.10 Å². The van der Waals surface area contributed by atoms with E-state index in [0.29, 0.717) is 12.0 Å². The standard InChI is InChI=1S/C11H9FN2O2/c1-14-6-9(5-13-14)16-11-3-2-8(7-15)4-10(11)12/h2-7H,1H3. The Balaban J connectivity index is 2.25. The SMILES string of the molecule is Cn1cc(Oc2ccc(C=O)cc2F)cn1. The molecule has 0 N–H and O–H groups in total. The van der Waals surface area contributed by atoms with Crippen molar-refractivity contribution in [3.8, 4) is 11.5 Å². The zero-order valence-corrected chi connectivity index (χ0v) is 8.55. The Hall–Kier alpha value is -2.17. The first-order valence-corrected chi connectivity index (χ1v) is 4.60. The number of rotatable bonds is 3. The normalized spacial score (nSPS) is 10.1. The van der Waals surface area contributed by atoms with Crippen LogP contribution in [0.4, 0.5) is 4.39 Å². The van der Waals surface area contributed by atoms with Crippen molar-refractivity contribution in [1.82, 2.24) is 9.78 Å². The Morgan fingerprint density at radius 1 is 1.50 bits per heavy atom. The van der Waals surface area contributed by atoms with Crippen LogP contribution >= 0.6 is 0 Å². The van der Waals surface area contributed by atoms with Gasteiger partial charge in [-0.3, -0.25) is 9.48 Å². The Morgan fingerprint density at radius 2 is 2.31 bits per heavy atom. The summed E-state index contributed by atoms with van der Waals surface area (Å²) in [7, 11) is 1.73. The van der Waals surface area contributed by atoms with Crippen molar-refractivity contribution in [1.29, 1.82) is 0 Å². The highest BCUT2D eigenvalue weighted by molar-refractivity contribution is 5.75. The summed E-state index contributed by atoms with van der Waals surface area (Å²) in [5, 5.41) is 3.89. The second-order valence-corrected chi connectivity index (χ2v) is 3.26. The maximum Gasteiger partial charge on any atom is 0.166 e. The molecule has 5 heteroatoms. The lowest BCUT2D eigenvalue weighted by Gasteiger charge is -2.03. The number of benzene rings is 1. The van der Waals surface area contributed by atoms with Crippen molar-refractivity contribution in [3.05, 3.63) is 42.0 Å². The maximum absolute atomic E-state index is 13.4. The van der Waals surface area contributed by atoms with Gasteiger partial charge in [0.25, 0.3) is 0 Å². The molecule has 2 aromatic rings. The van der Waals surface area contributed by atoms with Gasteiger partial charge in [-0.15, -0.1) is 0 Å². The van der Waals surface area contributed by atoms with Crippen molar-refractivity contribution < 1.29 is 13.9 Å². The molecule has 0 fully saturated rings. The number of carbonyl (C=O) groups excluding carboxylic acids is 1. The summed E-state index contributed by atoms with van der Waals surface area (Å²) in [4.78, 5) is 10.4. The van der Waals surface area contributed by atoms with Gasteiger partial charge in [0, 0.05) is 12.6 Å². The van der Waals surface area contributed by atoms with E-state index in [1.54, 1.807) is 17.9 Å². The molecule has 0 saturated heterocycles. The molecule has 2 rings (SSSR count). The molecule has 0 radical (unpaired) electrons. The molecule has 82 valence electrons. The smallest absolute Gasteiger partial charge is 0.166 e. The third-order valence-electron chi connectivity index (χ3n) is 2.00. The molecule has 0 atom stereocenters. The number of aryl methyl sites for hydroxylation is 1. The molecular formula is C11H9FN2O2. The van der Waals surface area contributed by atoms with Crippen LogP contribution < -0.4 is 4.74 Å². The van der Waals surface area contributed by atoms with E-state index >= 15 is 0 Å². The zero-order chi connectivity index (χ0) is 11.5. The number of carbonyl (C=O) groups is 1. The van der Waals surface area contributed by atoms with Gasteiger partial charge in [0.15, 0.2) is 17.3 Å². The quantitative estimate of drug-likeness (QED) is 0.744. The van der Waals surface area contributed by atoms with E-state index in [0.717, 1.165) is 6.07 Å². The third-order valence-corrected chi connectivity index (χ3v) is 2.00. The number of aromatic nitrogens is 2. The van der Waals surface area contributed by atoms with Crippen LogP contribution in [0.2, 0.25) is 0 Å². The molecule has 0 spiro atoms. The summed E-state index contributed by atoms with van der Waals surface area (Å²) in [6, 6.07) is 4.02. The molecule has 0 saturated carbocycles. The summed E-state index contributed by atoms with van der Waals surface area (Å²) in [6.45, 7) is 0. The van der Waals surface area contributed by atoms with Gasteiger partial charge in [0.1, 0.15) is 6.29 Å². The summed E-state index contributed by atoms with van der Waals surface area (Å²) < 4.78 is 20.2. The van der Waals surface area contributed by atoms with E-state index in [2.05, 4.69) is 5.10 Å². The predicted octanol–water partition coefficient (Wildman–Crippen LogP) is 2.16. The van der Waals surface area contributed by atoms with Gasteiger partial charge < -0.3 is 4.74 Å². The number of hydrogen-bond acceptors (Lipinski definition) is 3. The fourth-order valence-electron chi connectivity index (χ4n) is 1.25. The van der Waals surface area contributed by atoms with Crippen LogP contribution in [0.3, 0.4) is 0 Å². The molecule has 0 aliphatic carbocycles. The summed E-state index contributed by atoms with van der Waals surface area (Å²) in [6.07, 6.45) is 3.68. The molecule has 0 aliphatic heterocycles. The monoisotopic (exact) mass is 220 g/mol. The lowest BCUT2D eigenvalue weighted by atomic mass is 10.2. The van der Waals surface area contributed by atoms with Crippen molar-refractivity contribution in [2.24, 2.45) is 7.05 Å². The molecule has 1 heterocycles. The van der Waals surface area contributed by atoms with E-state index in [-0.39, 0.29) is 11.3 Å². The second-order valence-electron chi connectivity index (χ2n) is 3.26. The molecular weight excluding hydrogens is 211 g/mol. The average Bonchev–Trinajstić information content (AvgIpc) is 2.67. The summed E-state index contributed by atoms with van der Waals surface area (Å²) in [5.41, 5.74) is 0.274. The van der Waals surface area contributed by atoms with Crippen molar-refractivity contribution in [2.45, 2.75) is 0 Å². The van der Waals surface area contributed by atoms with Crippen LogP contribution in [0.15, 0.2) is 30.6 Å². The lowest BCUT2D eigenvalue weighted by Crippen LogP contribution is -1.89. The molecule has 0 bridgehead atoms. The van der Waals surface area contributed by atoms with Gasteiger partial charge in [-0.1, -0.05) is 0 Å². The van der Waals surface area contributed by atoms with Gasteiger partial charge in [0.2, 0.25) is 0 Å². The number of ether oxygens (including phenoxy) is 1. The Bertz CT molecular complexity index is 522. The second kappa shape index (κ2) is 4.14. The first kappa shape index (κ1) is 10.4. The Morgan fingerprint density at radius 3 is 2.88 bits per heavy atom. The molecule has 0 amide bonds. The number of aldehydes is 1. The molecule has 16 heavy (non-hydrogen) atoms. The van der Waals surface area contributed by atoms with E-state index in [1.807, 2.05) is 0 Å². The Labute approximate surface area is 91.3 Å². The fourth-order valence-corrected chi connectivity index (χ4v) is 1.25. The van der Waals surface area contributed by atoms with Crippen molar-refractivity contribution in [3.63, 3.8) is 0 Å². The number of nitrogens with zero attached hydrogens (tertiary/aromatic N) is 2. The number of hydrogen-bond donors (Lipinski definition) is 0. The maximum atomic E-state index is 13.4. The largest absolute Gasteiger partial charge is 0.451 e. The molecule has 0 aliphatic rings. The molecule has 4 nitrogen and oxygen atoms in total. The van der Waals surface area contributed by atoms with Crippen LogP contribution in [-0.4, -0.2) is 16.1 Å². The fraction of sp³-hybridized carbons (Fsp3) is 0.0909. The summed E-state index contributed by atoms with van der Waals surface area (Å²) >= 11 is 0.